The van der Waals surface area contributed by atoms with Gasteiger partial charge in [0.05, 0.1) is 19.3 Å². The molecule has 0 radical (unpaired) electrons. The van der Waals surface area contributed by atoms with Gasteiger partial charge in [-0.1, -0.05) is 0 Å². The van der Waals surface area contributed by atoms with Crippen molar-refractivity contribution in [2.75, 3.05) is 13.7 Å². The molecular weight excluding hydrogens is 200 g/mol. The second-order valence-corrected chi connectivity index (χ2v) is 3.09. The molecule has 1 aromatic carbocycles. The first-order chi connectivity index (χ1) is 6.69. The smallest absolute Gasteiger partial charge is 0.337 e. The molecular formula is C10H12O3S. The van der Waals surface area contributed by atoms with Gasteiger partial charge in [0.2, 0.25) is 0 Å². The largest absolute Gasteiger partial charge is 0.493 e. The molecule has 0 aliphatic rings. The normalized spacial score (nSPS) is 9.64. The lowest BCUT2D eigenvalue weighted by molar-refractivity contribution is 0.0600. The molecule has 0 atom stereocenters. The van der Waals surface area contributed by atoms with Crippen molar-refractivity contribution in [3.05, 3.63) is 23.8 Å². The minimum Gasteiger partial charge on any atom is -0.493 e. The van der Waals surface area contributed by atoms with Gasteiger partial charge < -0.3 is 9.47 Å². The van der Waals surface area contributed by atoms with Crippen molar-refractivity contribution in [2.45, 2.75) is 11.8 Å². The first kappa shape index (κ1) is 10.9. The van der Waals surface area contributed by atoms with Gasteiger partial charge in [0.1, 0.15) is 5.75 Å². The van der Waals surface area contributed by atoms with Crippen LogP contribution in [0.5, 0.6) is 5.75 Å². The number of ether oxygens (including phenoxy) is 2. The number of hydrogen-bond donors (Lipinski definition) is 1. The van der Waals surface area contributed by atoms with Gasteiger partial charge in [0, 0.05) is 4.90 Å². The quantitative estimate of drug-likeness (QED) is 0.616. The van der Waals surface area contributed by atoms with Crippen molar-refractivity contribution in [1.82, 2.24) is 0 Å². The number of methoxy groups -OCH3 is 1. The maximum atomic E-state index is 11.1. The molecule has 0 spiro atoms. The second-order valence-electron chi connectivity index (χ2n) is 2.61. The molecule has 14 heavy (non-hydrogen) atoms. The molecule has 0 aliphatic carbocycles. The molecule has 0 unspecified atom stereocenters. The van der Waals surface area contributed by atoms with Crippen molar-refractivity contribution in [3.8, 4) is 5.75 Å². The minimum atomic E-state index is -0.372. The number of thiol groups is 1. The lowest BCUT2D eigenvalue weighted by Crippen LogP contribution is -2.01. The third-order valence-electron chi connectivity index (χ3n) is 1.68. The van der Waals surface area contributed by atoms with E-state index in [1.807, 2.05) is 6.92 Å². The zero-order chi connectivity index (χ0) is 10.6. The third-order valence-corrected chi connectivity index (χ3v) is 2.03. The van der Waals surface area contributed by atoms with Crippen LogP contribution in [0.25, 0.3) is 0 Å². The van der Waals surface area contributed by atoms with Gasteiger partial charge in [-0.05, 0) is 25.1 Å². The van der Waals surface area contributed by atoms with Crippen LogP contribution in [-0.4, -0.2) is 19.7 Å². The number of hydrogen-bond acceptors (Lipinski definition) is 4. The van der Waals surface area contributed by atoms with E-state index in [-0.39, 0.29) is 5.97 Å². The lowest BCUT2D eigenvalue weighted by atomic mass is 10.2. The van der Waals surface area contributed by atoms with E-state index in [1.54, 1.807) is 18.2 Å². The highest BCUT2D eigenvalue weighted by molar-refractivity contribution is 7.80. The van der Waals surface area contributed by atoms with E-state index >= 15 is 0 Å². The molecule has 4 heteroatoms. The van der Waals surface area contributed by atoms with E-state index in [4.69, 9.17) is 4.74 Å². The summed E-state index contributed by atoms with van der Waals surface area (Å²) in [7, 11) is 1.34. The SMILES string of the molecule is CCOc1ccc(C(=O)OC)cc1S. The summed E-state index contributed by atoms with van der Waals surface area (Å²) in [5, 5.41) is 0. The van der Waals surface area contributed by atoms with Crippen molar-refractivity contribution in [1.29, 1.82) is 0 Å². The Morgan fingerprint density at radius 3 is 2.71 bits per heavy atom. The van der Waals surface area contributed by atoms with Gasteiger partial charge in [-0.15, -0.1) is 12.6 Å². The molecule has 1 aromatic rings. The fraction of sp³-hybridized carbons (Fsp3) is 0.300. The zero-order valence-electron chi connectivity index (χ0n) is 8.11. The second kappa shape index (κ2) is 4.91. The predicted molar refractivity (Wildman–Crippen MR) is 56.2 cm³/mol. The number of esters is 1. The van der Waals surface area contributed by atoms with Crippen LogP contribution >= 0.6 is 12.6 Å². The minimum absolute atomic E-state index is 0.372. The summed E-state index contributed by atoms with van der Waals surface area (Å²) < 4.78 is 9.85. The number of rotatable bonds is 3. The molecule has 0 aromatic heterocycles. The van der Waals surface area contributed by atoms with Crippen molar-refractivity contribution >= 4 is 18.6 Å². The maximum absolute atomic E-state index is 11.1. The predicted octanol–water partition coefficient (Wildman–Crippen LogP) is 2.16. The van der Waals surface area contributed by atoms with Crippen LogP contribution in [-0.2, 0) is 4.74 Å². The Hall–Kier alpha value is -1.16. The van der Waals surface area contributed by atoms with Gasteiger partial charge in [-0.25, -0.2) is 4.79 Å². The molecule has 0 saturated carbocycles. The molecule has 0 amide bonds. The van der Waals surface area contributed by atoms with E-state index in [1.165, 1.54) is 7.11 Å². The first-order valence-electron chi connectivity index (χ1n) is 4.23. The van der Waals surface area contributed by atoms with Gasteiger partial charge >= 0.3 is 5.97 Å². The Kier molecular flexibility index (Phi) is 3.83. The number of benzene rings is 1. The topological polar surface area (TPSA) is 35.5 Å². The summed E-state index contributed by atoms with van der Waals surface area (Å²) in [5.74, 6) is 0.298. The van der Waals surface area contributed by atoms with E-state index in [0.717, 1.165) is 0 Å². The van der Waals surface area contributed by atoms with Crippen LogP contribution in [0.4, 0.5) is 0 Å². The highest BCUT2D eigenvalue weighted by Gasteiger charge is 2.07. The van der Waals surface area contributed by atoms with Crippen molar-refractivity contribution < 1.29 is 14.3 Å². The first-order valence-corrected chi connectivity index (χ1v) is 4.68. The summed E-state index contributed by atoms with van der Waals surface area (Å²) in [6.07, 6.45) is 0. The number of carbonyl (C=O) groups excluding carboxylic acids is 1. The molecule has 0 fully saturated rings. The van der Waals surface area contributed by atoms with Crippen LogP contribution in [0.2, 0.25) is 0 Å². The maximum Gasteiger partial charge on any atom is 0.337 e. The number of carbonyl (C=O) groups is 1. The zero-order valence-corrected chi connectivity index (χ0v) is 9.01. The van der Waals surface area contributed by atoms with E-state index < -0.39 is 0 Å². The molecule has 1 rings (SSSR count). The molecule has 0 bridgehead atoms. The summed E-state index contributed by atoms with van der Waals surface area (Å²) >= 11 is 4.20. The Labute approximate surface area is 88.4 Å². The lowest BCUT2D eigenvalue weighted by Gasteiger charge is -2.07. The van der Waals surface area contributed by atoms with Gasteiger partial charge in [0.25, 0.3) is 0 Å². The molecule has 76 valence electrons. The molecule has 0 heterocycles. The fourth-order valence-corrected chi connectivity index (χ4v) is 1.32. The molecule has 0 aliphatic heterocycles. The highest BCUT2D eigenvalue weighted by atomic mass is 32.1. The van der Waals surface area contributed by atoms with Crippen LogP contribution in [0.15, 0.2) is 23.1 Å². The summed E-state index contributed by atoms with van der Waals surface area (Å²) in [6, 6.07) is 4.98. The average molecular weight is 212 g/mol. The fourth-order valence-electron chi connectivity index (χ4n) is 1.04. The van der Waals surface area contributed by atoms with Crippen LogP contribution in [0, 0.1) is 0 Å². The summed E-state index contributed by atoms with van der Waals surface area (Å²) in [6.45, 7) is 2.46. The monoisotopic (exact) mass is 212 g/mol. The summed E-state index contributed by atoms with van der Waals surface area (Å²) in [5.41, 5.74) is 0.473. The average Bonchev–Trinajstić information content (AvgIpc) is 2.20. The van der Waals surface area contributed by atoms with E-state index in [0.29, 0.717) is 22.8 Å². The van der Waals surface area contributed by atoms with Gasteiger partial charge in [-0.2, -0.15) is 0 Å². The van der Waals surface area contributed by atoms with Gasteiger partial charge in [0.15, 0.2) is 0 Å². The Bertz CT molecular complexity index is 336. The van der Waals surface area contributed by atoms with E-state index in [2.05, 4.69) is 17.4 Å². The Balaban J connectivity index is 2.94. The third kappa shape index (κ3) is 2.42. The Morgan fingerprint density at radius 2 is 2.21 bits per heavy atom. The van der Waals surface area contributed by atoms with Crippen molar-refractivity contribution in [3.63, 3.8) is 0 Å². The van der Waals surface area contributed by atoms with Crippen LogP contribution in [0.3, 0.4) is 0 Å². The van der Waals surface area contributed by atoms with E-state index in [9.17, 15) is 4.79 Å². The van der Waals surface area contributed by atoms with Gasteiger partial charge in [-0.3, -0.25) is 0 Å². The standard InChI is InChI=1S/C10H12O3S/c1-3-13-8-5-4-7(6-9(8)14)10(11)12-2/h4-6,14H,3H2,1-2H3. The highest BCUT2D eigenvalue weighted by Crippen LogP contribution is 2.23. The molecule has 0 N–H and O–H groups in total. The van der Waals surface area contributed by atoms with Crippen LogP contribution < -0.4 is 4.74 Å². The van der Waals surface area contributed by atoms with Crippen LogP contribution in [0.1, 0.15) is 17.3 Å². The molecule has 3 nitrogen and oxygen atoms in total. The van der Waals surface area contributed by atoms with Crippen molar-refractivity contribution in [2.24, 2.45) is 0 Å². The molecule has 0 saturated heterocycles. The Morgan fingerprint density at radius 1 is 1.50 bits per heavy atom. The summed E-state index contributed by atoms with van der Waals surface area (Å²) in [4.78, 5) is 11.8.